The maximum atomic E-state index is 10.6. The molecule has 2 amide bonds. The zero-order valence-corrected chi connectivity index (χ0v) is 6.33. The molecule has 64 valence electrons. The first-order chi connectivity index (χ1) is 5.11. The molecule has 0 rings (SSSR count). The van der Waals surface area contributed by atoms with Gasteiger partial charge in [-0.1, -0.05) is 6.92 Å². The molecule has 0 saturated carbocycles. The van der Waals surface area contributed by atoms with Crippen LogP contribution in [-0.4, -0.2) is 29.6 Å². The molecule has 5 nitrogen and oxygen atoms in total. The molecule has 0 aliphatic heterocycles. The minimum absolute atomic E-state index is 0.185. The number of aliphatic hydroxyl groups is 1. The number of hydrogen-bond donors (Lipinski definition) is 3. The van der Waals surface area contributed by atoms with Gasteiger partial charge in [-0.3, -0.25) is 9.59 Å². The Morgan fingerprint density at radius 3 is 2.45 bits per heavy atom. The van der Waals surface area contributed by atoms with Crippen molar-refractivity contribution in [3.05, 3.63) is 0 Å². The summed E-state index contributed by atoms with van der Waals surface area (Å²) >= 11 is 0. The summed E-state index contributed by atoms with van der Waals surface area (Å²) in [6, 6.07) is -0.380. The van der Waals surface area contributed by atoms with Gasteiger partial charge >= 0.3 is 11.8 Å². The molecule has 1 atom stereocenters. The highest BCUT2D eigenvalue weighted by Crippen LogP contribution is 1.87. The second kappa shape index (κ2) is 4.68. The maximum absolute atomic E-state index is 10.6. The average molecular weight is 160 g/mol. The van der Waals surface area contributed by atoms with E-state index >= 15 is 0 Å². The number of nitrogens with one attached hydrogen (secondary N) is 1. The molecule has 0 aliphatic rings. The summed E-state index contributed by atoms with van der Waals surface area (Å²) in [6.07, 6.45) is 0.565. The topological polar surface area (TPSA) is 92.4 Å². The Bertz CT molecular complexity index is 154. The predicted molar refractivity (Wildman–Crippen MR) is 38.5 cm³/mol. The molecule has 0 bridgehead atoms. The molecule has 0 fully saturated rings. The second-order valence-electron chi connectivity index (χ2n) is 2.13. The quantitative estimate of drug-likeness (QED) is 0.432. The lowest BCUT2D eigenvalue weighted by molar-refractivity contribution is -0.137. The first kappa shape index (κ1) is 9.90. The lowest BCUT2D eigenvalue weighted by Gasteiger charge is -2.11. The van der Waals surface area contributed by atoms with Crippen LogP contribution < -0.4 is 11.1 Å². The van der Waals surface area contributed by atoms with Crippen LogP contribution in [0.15, 0.2) is 0 Å². The molecule has 0 aliphatic carbocycles. The van der Waals surface area contributed by atoms with Crippen LogP contribution in [0.4, 0.5) is 0 Å². The number of aliphatic hydroxyl groups excluding tert-OH is 1. The molecule has 0 heterocycles. The van der Waals surface area contributed by atoms with Gasteiger partial charge < -0.3 is 16.2 Å². The molecular weight excluding hydrogens is 148 g/mol. The zero-order chi connectivity index (χ0) is 8.85. The number of amides is 2. The lowest BCUT2D eigenvalue weighted by Crippen LogP contribution is -2.43. The fraction of sp³-hybridized carbons (Fsp3) is 0.667. The standard InChI is InChI=1S/C6H12N2O3/c1-2-4(3-9)8-6(11)5(7)10/h4,9H,2-3H2,1H3,(H2,7,10)(H,8,11). The Morgan fingerprint density at radius 1 is 1.64 bits per heavy atom. The van der Waals surface area contributed by atoms with Gasteiger partial charge in [0.2, 0.25) is 0 Å². The fourth-order valence-electron chi connectivity index (χ4n) is 0.533. The van der Waals surface area contributed by atoms with Crippen LogP contribution in [-0.2, 0) is 9.59 Å². The van der Waals surface area contributed by atoms with Crippen molar-refractivity contribution in [2.45, 2.75) is 19.4 Å². The Kier molecular flexibility index (Phi) is 4.21. The van der Waals surface area contributed by atoms with Crippen LogP contribution in [0.5, 0.6) is 0 Å². The highest BCUT2D eigenvalue weighted by Gasteiger charge is 2.12. The minimum atomic E-state index is -1.03. The largest absolute Gasteiger partial charge is 0.394 e. The molecule has 4 N–H and O–H groups in total. The van der Waals surface area contributed by atoms with Crippen LogP contribution in [0.3, 0.4) is 0 Å². The summed E-state index contributed by atoms with van der Waals surface area (Å²) in [6.45, 7) is 1.59. The molecule has 0 spiro atoms. The molecule has 11 heavy (non-hydrogen) atoms. The minimum Gasteiger partial charge on any atom is -0.394 e. The van der Waals surface area contributed by atoms with E-state index < -0.39 is 11.8 Å². The predicted octanol–water partition coefficient (Wildman–Crippen LogP) is -1.64. The van der Waals surface area contributed by atoms with Crippen molar-refractivity contribution < 1.29 is 14.7 Å². The van der Waals surface area contributed by atoms with Gasteiger partial charge in [0.1, 0.15) is 0 Å². The molecule has 1 unspecified atom stereocenters. The number of primary amides is 1. The summed E-state index contributed by atoms with van der Waals surface area (Å²) in [5.74, 6) is -1.89. The lowest BCUT2D eigenvalue weighted by atomic mass is 10.2. The first-order valence-electron chi connectivity index (χ1n) is 3.33. The Labute approximate surface area is 64.6 Å². The van der Waals surface area contributed by atoms with Crippen molar-refractivity contribution in [2.75, 3.05) is 6.61 Å². The van der Waals surface area contributed by atoms with Crippen molar-refractivity contribution in [1.82, 2.24) is 5.32 Å². The van der Waals surface area contributed by atoms with E-state index in [4.69, 9.17) is 5.11 Å². The SMILES string of the molecule is CCC(CO)NC(=O)C(N)=O. The van der Waals surface area contributed by atoms with Gasteiger partial charge in [0, 0.05) is 0 Å². The third kappa shape index (κ3) is 3.57. The summed E-state index contributed by atoms with van der Waals surface area (Å²) in [5, 5.41) is 10.8. The van der Waals surface area contributed by atoms with Crippen molar-refractivity contribution >= 4 is 11.8 Å². The molecule has 0 aromatic carbocycles. The van der Waals surface area contributed by atoms with Gasteiger partial charge in [-0.25, -0.2) is 0 Å². The van der Waals surface area contributed by atoms with Gasteiger partial charge in [-0.15, -0.1) is 0 Å². The van der Waals surface area contributed by atoms with E-state index in [1.807, 2.05) is 0 Å². The fourth-order valence-corrected chi connectivity index (χ4v) is 0.533. The Hall–Kier alpha value is -1.10. The van der Waals surface area contributed by atoms with Crippen LogP contribution in [0.1, 0.15) is 13.3 Å². The smallest absolute Gasteiger partial charge is 0.309 e. The summed E-state index contributed by atoms with van der Waals surface area (Å²) in [5.41, 5.74) is 4.66. The number of nitrogens with two attached hydrogens (primary N) is 1. The van der Waals surface area contributed by atoms with E-state index in [1.165, 1.54) is 0 Å². The second-order valence-corrected chi connectivity index (χ2v) is 2.13. The first-order valence-corrected chi connectivity index (χ1v) is 3.33. The molecular formula is C6H12N2O3. The number of rotatable bonds is 3. The van der Waals surface area contributed by atoms with Gasteiger partial charge in [0.15, 0.2) is 0 Å². The van der Waals surface area contributed by atoms with E-state index in [0.29, 0.717) is 6.42 Å². The molecule has 0 radical (unpaired) electrons. The highest BCUT2D eigenvalue weighted by molar-refractivity contribution is 6.34. The van der Waals surface area contributed by atoms with E-state index in [-0.39, 0.29) is 12.6 Å². The van der Waals surface area contributed by atoms with Gasteiger partial charge in [0.05, 0.1) is 12.6 Å². The average Bonchev–Trinajstić information content (AvgIpc) is 1.99. The zero-order valence-electron chi connectivity index (χ0n) is 6.33. The maximum Gasteiger partial charge on any atom is 0.309 e. The van der Waals surface area contributed by atoms with E-state index in [1.54, 1.807) is 6.92 Å². The number of hydrogen-bond acceptors (Lipinski definition) is 3. The number of carbonyl (C=O) groups excluding carboxylic acids is 2. The van der Waals surface area contributed by atoms with Gasteiger partial charge in [-0.05, 0) is 6.42 Å². The van der Waals surface area contributed by atoms with Crippen LogP contribution in [0, 0.1) is 0 Å². The molecule has 0 aromatic heterocycles. The monoisotopic (exact) mass is 160 g/mol. The third-order valence-corrected chi connectivity index (χ3v) is 1.27. The van der Waals surface area contributed by atoms with Crippen molar-refractivity contribution in [3.63, 3.8) is 0 Å². The van der Waals surface area contributed by atoms with Crippen molar-refractivity contribution in [1.29, 1.82) is 0 Å². The molecule has 0 aromatic rings. The Balaban J connectivity index is 3.81. The van der Waals surface area contributed by atoms with Crippen LogP contribution >= 0.6 is 0 Å². The summed E-state index contributed by atoms with van der Waals surface area (Å²) in [7, 11) is 0. The molecule has 5 heteroatoms. The van der Waals surface area contributed by atoms with Gasteiger partial charge in [-0.2, -0.15) is 0 Å². The van der Waals surface area contributed by atoms with E-state index in [0.717, 1.165) is 0 Å². The summed E-state index contributed by atoms with van der Waals surface area (Å²) < 4.78 is 0. The van der Waals surface area contributed by atoms with Crippen molar-refractivity contribution in [3.8, 4) is 0 Å². The van der Waals surface area contributed by atoms with Crippen LogP contribution in [0.25, 0.3) is 0 Å². The van der Waals surface area contributed by atoms with Gasteiger partial charge in [0.25, 0.3) is 0 Å². The van der Waals surface area contributed by atoms with Crippen molar-refractivity contribution in [2.24, 2.45) is 5.73 Å². The van der Waals surface area contributed by atoms with E-state index in [9.17, 15) is 9.59 Å². The van der Waals surface area contributed by atoms with Crippen LogP contribution in [0.2, 0.25) is 0 Å². The number of carbonyl (C=O) groups is 2. The van der Waals surface area contributed by atoms with E-state index in [2.05, 4.69) is 11.1 Å². The Morgan fingerprint density at radius 2 is 2.18 bits per heavy atom. The molecule has 0 saturated heterocycles. The normalized spacial score (nSPS) is 12.2. The highest BCUT2D eigenvalue weighted by atomic mass is 16.3. The summed E-state index contributed by atoms with van der Waals surface area (Å²) in [4.78, 5) is 20.8. The third-order valence-electron chi connectivity index (χ3n) is 1.27.